The summed E-state index contributed by atoms with van der Waals surface area (Å²) in [5.74, 6) is 0. The van der Waals surface area contributed by atoms with Gasteiger partial charge in [-0.05, 0) is 52.6 Å². The fourth-order valence-electron chi connectivity index (χ4n) is 4.40. The van der Waals surface area contributed by atoms with Gasteiger partial charge in [-0.1, -0.05) is 0 Å². The number of aryl methyl sites for hydroxylation is 1. The maximum atomic E-state index is 12.8. The average molecular weight is 400 g/mol. The number of rotatable bonds is 4. The molecule has 0 spiro atoms. The molecule has 1 atom stereocenters. The van der Waals surface area contributed by atoms with Crippen molar-refractivity contribution in [3.63, 3.8) is 0 Å². The van der Waals surface area contributed by atoms with Gasteiger partial charge >= 0.3 is 6.03 Å². The van der Waals surface area contributed by atoms with Crippen LogP contribution in [0.3, 0.4) is 0 Å². The van der Waals surface area contributed by atoms with E-state index in [1.165, 1.54) is 0 Å². The maximum Gasteiger partial charge on any atom is 0.320 e. The molecule has 0 unspecified atom stereocenters. The van der Waals surface area contributed by atoms with Crippen LogP contribution in [0.25, 0.3) is 11.2 Å². The number of hydrogen-bond acceptors (Lipinski definition) is 5. The summed E-state index contributed by atoms with van der Waals surface area (Å²) in [6.07, 6.45) is 4.80. The molecule has 2 saturated heterocycles. The zero-order chi connectivity index (χ0) is 20.5. The fourth-order valence-corrected chi connectivity index (χ4v) is 4.40. The lowest BCUT2D eigenvalue weighted by Crippen LogP contribution is -2.50. The Bertz CT molecular complexity index is 863. The number of aromatic nitrogens is 3. The number of fused-ring (bicyclic) bond motifs is 1. The second kappa shape index (κ2) is 8.18. The van der Waals surface area contributed by atoms with Crippen LogP contribution >= 0.6 is 0 Å². The molecule has 158 valence electrons. The van der Waals surface area contributed by atoms with Crippen molar-refractivity contribution in [2.24, 2.45) is 0 Å². The van der Waals surface area contributed by atoms with Crippen molar-refractivity contribution in [2.75, 3.05) is 38.5 Å². The average Bonchev–Trinajstić information content (AvgIpc) is 3.37. The van der Waals surface area contributed by atoms with Gasteiger partial charge in [-0.15, -0.1) is 0 Å². The number of likely N-dealkylation sites (tertiary alicyclic amines) is 1. The van der Waals surface area contributed by atoms with Gasteiger partial charge in [-0.3, -0.25) is 0 Å². The monoisotopic (exact) mass is 399 g/mol. The first-order valence-electron chi connectivity index (χ1n) is 10.8. The van der Waals surface area contributed by atoms with E-state index >= 15 is 0 Å². The Kier molecular flexibility index (Phi) is 5.63. The Labute approximate surface area is 172 Å². The van der Waals surface area contributed by atoms with Crippen molar-refractivity contribution in [1.82, 2.24) is 29.7 Å². The van der Waals surface area contributed by atoms with Gasteiger partial charge in [0.05, 0.1) is 12.0 Å². The first-order valence-corrected chi connectivity index (χ1v) is 10.8. The van der Waals surface area contributed by atoms with Crippen LogP contribution in [0.2, 0.25) is 0 Å². The number of imidazole rings is 1. The molecule has 2 aliphatic rings. The highest BCUT2D eigenvalue weighted by Crippen LogP contribution is 2.26. The Morgan fingerprint density at radius 1 is 1.31 bits per heavy atom. The van der Waals surface area contributed by atoms with Crippen molar-refractivity contribution < 1.29 is 4.79 Å². The van der Waals surface area contributed by atoms with Crippen LogP contribution in [-0.4, -0.2) is 75.7 Å². The number of nitrogens with zero attached hydrogens (tertiary/aromatic N) is 5. The number of urea groups is 1. The Balaban J connectivity index is 1.40. The van der Waals surface area contributed by atoms with Crippen LogP contribution in [0.4, 0.5) is 10.5 Å². The van der Waals surface area contributed by atoms with Crippen molar-refractivity contribution in [3.05, 3.63) is 18.1 Å². The van der Waals surface area contributed by atoms with Gasteiger partial charge in [0.2, 0.25) is 0 Å². The lowest BCUT2D eigenvalue weighted by Gasteiger charge is -2.36. The molecule has 2 aromatic rings. The van der Waals surface area contributed by atoms with Crippen molar-refractivity contribution >= 4 is 22.9 Å². The Hall–Kier alpha value is -2.35. The number of anilines is 1. The summed E-state index contributed by atoms with van der Waals surface area (Å²) in [5.41, 5.74) is 3.89. The van der Waals surface area contributed by atoms with Gasteiger partial charge in [0, 0.05) is 50.5 Å². The lowest BCUT2D eigenvalue weighted by atomic mass is 10.0. The van der Waals surface area contributed by atoms with Crippen LogP contribution in [0.15, 0.2) is 12.4 Å². The van der Waals surface area contributed by atoms with Gasteiger partial charge in [0.15, 0.2) is 5.65 Å². The molecule has 2 N–H and O–H groups in total. The number of carbonyl (C=O) groups excluding carboxylic acids is 1. The first kappa shape index (κ1) is 19.9. The third kappa shape index (κ3) is 4.03. The van der Waals surface area contributed by atoms with Gasteiger partial charge < -0.3 is 25.0 Å². The molecular formula is C21H33N7O. The number of likely N-dealkylation sites (N-methyl/N-ethyl adjacent to an activating group) is 1. The molecule has 0 aliphatic carbocycles. The molecule has 2 amide bonds. The molecule has 4 rings (SSSR count). The van der Waals surface area contributed by atoms with Crippen LogP contribution < -0.4 is 10.6 Å². The second-order valence-electron chi connectivity index (χ2n) is 8.67. The van der Waals surface area contributed by atoms with E-state index in [0.717, 1.165) is 68.0 Å². The molecule has 2 aliphatic heterocycles. The summed E-state index contributed by atoms with van der Waals surface area (Å²) in [5, 5.41) is 7.02. The largest absolute Gasteiger partial charge is 0.380 e. The first-order chi connectivity index (χ1) is 13.9. The third-order valence-corrected chi connectivity index (χ3v) is 6.22. The number of carbonyl (C=O) groups is 1. The highest BCUT2D eigenvalue weighted by molar-refractivity contribution is 5.86. The molecule has 2 aromatic heterocycles. The van der Waals surface area contributed by atoms with Crippen LogP contribution in [0, 0.1) is 6.92 Å². The Morgan fingerprint density at radius 3 is 2.72 bits per heavy atom. The number of hydrogen-bond donors (Lipinski definition) is 2. The van der Waals surface area contributed by atoms with Crippen LogP contribution in [0.5, 0.6) is 0 Å². The van der Waals surface area contributed by atoms with E-state index < -0.39 is 0 Å². The lowest BCUT2D eigenvalue weighted by molar-refractivity contribution is 0.138. The molecule has 0 bridgehead atoms. The van der Waals surface area contributed by atoms with Crippen LogP contribution in [-0.2, 0) is 0 Å². The SMILES string of the molecule is Cc1cc(NC2CCN(C(=O)N(C)[C@H]3CCNC3)CC2)c2ncn(C(C)C)c2n1. The quantitative estimate of drug-likeness (QED) is 0.826. The summed E-state index contributed by atoms with van der Waals surface area (Å²) in [6, 6.07) is 3.23. The molecule has 2 fully saturated rings. The standard InChI is InChI=1S/C21H33N7O/c1-14(2)28-13-23-19-18(11-15(3)24-20(19)28)25-16-6-9-27(10-7-16)21(29)26(4)17-5-8-22-12-17/h11,13-14,16-17,22H,5-10,12H2,1-4H3,(H,24,25)/t17-/m0/s1. The predicted molar refractivity (Wildman–Crippen MR) is 115 cm³/mol. The number of piperidine rings is 1. The van der Waals surface area contributed by atoms with Gasteiger partial charge in [-0.25, -0.2) is 14.8 Å². The second-order valence-corrected chi connectivity index (χ2v) is 8.67. The highest BCUT2D eigenvalue weighted by atomic mass is 16.2. The van der Waals surface area contributed by atoms with Crippen molar-refractivity contribution in [3.8, 4) is 0 Å². The molecule has 0 aromatic carbocycles. The molecule has 0 saturated carbocycles. The minimum absolute atomic E-state index is 0.162. The highest BCUT2D eigenvalue weighted by Gasteiger charge is 2.29. The van der Waals surface area contributed by atoms with Crippen LogP contribution in [0.1, 0.15) is 44.8 Å². The molecular weight excluding hydrogens is 366 g/mol. The molecule has 4 heterocycles. The molecule has 8 heteroatoms. The van der Waals surface area contributed by atoms with E-state index in [0.29, 0.717) is 18.1 Å². The Morgan fingerprint density at radius 2 is 2.07 bits per heavy atom. The van der Waals surface area contributed by atoms with E-state index in [2.05, 4.69) is 40.1 Å². The van der Waals surface area contributed by atoms with Crippen molar-refractivity contribution in [2.45, 2.75) is 58.2 Å². The van der Waals surface area contributed by atoms with Crippen molar-refractivity contribution in [1.29, 1.82) is 0 Å². The topological polar surface area (TPSA) is 78.3 Å². The summed E-state index contributed by atoms with van der Waals surface area (Å²) in [6.45, 7) is 9.79. The maximum absolute atomic E-state index is 12.8. The summed E-state index contributed by atoms with van der Waals surface area (Å²) in [7, 11) is 1.94. The number of amides is 2. The normalized spacial score (nSPS) is 20.6. The predicted octanol–water partition coefficient (Wildman–Crippen LogP) is 2.61. The van der Waals surface area contributed by atoms with Gasteiger partial charge in [-0.2, -0.15) is 0 Å². The van der Waals surface area contributed by atoms with Gasteiger partial charge in [0.25, 0.3) is 0 Å². The zero-order valence-corrected chi connectivity index (χ0v) is 18.0. The van der Waals surface area contributed by atoms with E-state index in [-0.39, 0.29) is 6.03 Å². The summed E-state index contributed by atoms with van der Waals surface area (Å²) in [4.78, 5) is 26.1. The van der Waals surface area contributed by atoms with Gasteiger partial charge in [0.1, 0.15) is 5.52 Å². The van der Waals surface area contributed by atoms with E-state index in [9.17, 15) is 4.79 Å². The smallest absolute Gasteiger partial charge is 0.320 e. The molecule has 8 nitrogen and oxygen atoms in total. The molecule has 29 heavy (non-hydrogen) atoms. The van der Waals surface area contributed by atoms with E-state index in [1.807, 2.05) is 30.1 Å². The number of nitrogens with one attached hydrogen (secondary N) is 2. The molecule has 0 radical (unpaired) electrons. The number of pyridine rings is 1. The van der Waals surface area contributed by atoms with E-state index in [4.69, 9.17) is 4.98 Å². The summed E-state index contributed by atoms with van der Waals surface area (Å²) < 4.78 is 2.11. The zero-order valence-electron chi connectivity index (χ0n) is 18.0. The minimum Gasteiger partial charge on any atom is -0.380 e. The minimum atomic E-state index is 0.162. The fraction of sp³-hybridized carbons (Fsp3) is 0.667. The summed E-state index contributed by atoms with van der Waals surface area (Å²) >= 11 is 0. The van der Waals surface area contributed by atoms with E-state index in [1.54, 1.807) is 0 Å². The third-order valence-electron chi connectivity index (χ3n) is 6.22.